The Bertz CT molecular complexity index is 797. The van der Waals surface area contributed by atoms with Crippen LogP contribution >= 0.6 is 0 Å². The average Bonchev–Trinajstić information content (AvgIpc) is 2.71. The SMILES string of the molecule is COc1ccc(NS(=O)(=O)c2c(C)nn(C)c2C)cc1OC. The first-order valence-corrected chi connectivity index (χ1v) is 8.03. The number of hydrogen-bond acceptors (Lipinski definition) is 5. The lowest BCUT2D eigenvalue weighted by atomic mass is 10.3. The van der Waals surface area contributed by atoms with Crippen molar-refractivity contribution in [3.8, 4) is 11.5 Å². The number of nitrogens with zero attached hydrogens (tertiary/aromatic N) is 2. The molecule has 7 nitrogen and oxygen atoms in total. The molecule has 0 atom stereocenters. The van der Waals surface area contributed by atoms with E-state index in [0.717, 1.165) is 0 Å². The summed E-state index contributed by atoms with van der Waals surface area (Å²) in [4.78, 5) is 0.185. The lowest BCUT2D eigenvalue weighted by Gasteiger charge is -2.12. The lowest BCUT2D eigenvalue weighted by Crippen LogP contribution is -2.15. The minimum atomic E-state index is -3.73. The first kappa shape index (κ1) is 16.2. The molecule has 1 aromatic carbocycles. The van der Waals surface area contributed by atoms with Crippen molar-refractivity contribution in [1.82, 2.24) is 9.78 Å². The van der Waals surface area contributed by atoms with Gasteiger partial charge in [0.1, 0.15) is 4.90 Å². The van der Waals surface area contributed by atoms with E-state index in [1.165, 1.54) is 14.2 Å². The van der Waals surface area contributed by atoms with Gasteiger partial charge in [-0.1, -0.05) is 0 Å². The number of ether oxygens (including phenoxy) is 2. The van der Waals surface area contributed by atoms with Gasteiger partial charge in [0.25, 0.3) is 10.0 Å². The molecule has 0 bridgehead atoms. The molecule has 22 heavy (non-hydrogen) atoms. The molecule has 0 aliphatic heterocycles. The molecule has 120 valence electrons. The second-order valence-electron chi connectivity index (χ2n) is 4.80. The molecule has 1 aromatic heterocycles. The van der Waals surface area contributed by atoms with Crippen molar-refractivity contribution < 1.29 is 17.9 Å². The molecular formula is C14H19N3O4S. The van der Waals surface area contributed by atoms with E-state index >= 15 is 0 Å². The van der Waals surface area contributed by atoms with Crippen molar-refractivity contribution in [2.24, 2.45) is 7.05 Å². The number of nitrogens with one attached hydrogen (secondary N) is 1. The van der Waals surface area contributed by atoms with Gasteiger partial charge in [0.2, 0.25) is 0 Å². The Morgan fingerprint density at radius 2 is 1.77 bits per heavy atom. The molecule has 2 aromatic rings. The van der Waals surface area contributed by atoms with Crippen molar-refractivity contribution in [1.29, 1.82) is 0 Å². The van der Waals surface area contributed by atoms with Crippen LogP contribution in [0.1, 0.15) is 11.4 Å². The van der Waals surface area contributed by atoms with Crippen LogP contribution in [-0.4, -0.2) is 32.4 Å². The molecule has 8 heteroatoms. The van der Waals surface area contributed by atoms with Crippen molar-refractivity contribution in [3.63, 3.8) is 0 Å². The molecular weight excluding hydrogens is 306 g/mol. The second kappa shape index (κ2) is 5.88. The fourth-order valence-corrected chi connectivity index (χ4v) is 3.74. The van der Waals surface area contributed by atoms with Gasteiger partial charge in [0.15, 0.2) is 11.5 Å². The zero-order chi connectivity index (χ0) is 16.5. The van der Waals surface area contributed by atoms with Crippen molar-refractivity contribution in [3.05, 3.63) is 29.6 Å². The summed E-state index contributed by atoms with van der Waals surface area (Å²) < 4.78 is 39.5. The second-order valence-corrected chi connectivity index (χ2v) is 6.42. The summed E-state index contributed by atoms with van der Waals surface area (Å²) in [5.41, 5.74) is 1.42. The van der Waals surface area contributed by atoms with Crippen molar-refractivity contribution in [2.75, 3.05) is 18.9 Å². The van der Waals surface area contributed by atoms with E-state index < -0.39 is 10.0 Å². The van der Waals surface area contributed by atoms with Crippen LogP contribution in [0, 0.1) is 13.8 Å². The smallest absolute Gasteiger partial charge is 0.265 e. The largest absolute Gasteiger partial charge is 0.493 e. The molecule has 0 saturated heterocycles. The molecule has 0 radical (unpaired) electrons. The van der Waals surface area contributed by atoms with E-state index in [9.17, 15) is 8.42 Å². The third-order valence-corrected chi connectivity index (χ3v) is 4.98. The van der Waals surface area contributed by atoms with Gasteiger partial charge in [-0.15, -0.1) is 0 Å². The van der Waals surface area contributed by atoms with E-state index in [0.29, 0.717) is 28.6 Å². The Balaban J connectivity index is 2.41. The minimum absolute atomic E-state index is 0.185. The van der Waals surface area contributed by atoms with Crippen molar-refractivity contribution >= 4 is 15.7 Å². The van der Waals surface area contributed by atoms with Crippen LogP contribution in [0.4, 0.5) is 5.69 Å². The van der Waals surface area contributed by atoms with Gasteiger partial charge < -0.3 is 9.47 Å². The normalized spacial score (nSPS) is 11.3. The molecule has 0 aliphatic carbocycles. The molecule has 0 unspecified atom stereocenters. The molecule has 2 rings (SSSR count). The zero-order valence-electron chi connectivity index (χ0n) is 13.2. The maximum absolute atomic E-state index is 12.6. The van der Waals surface area contributed by atoms with Gasteiger partial charge >= 0.3 is 0 Å². The number of anilines is 1. The summed E-state index contributed by atoms with van der Waals surface area (Å²) in [5.74, 6) is 0.974. The van der Waals surface area contributed by atoms with Gasteiger partial charge in [-0.2, -0.15) is 5.10 Å². The Labute approximate surface area is 129 Å². The highest BCUT2D eigenvalue weighted by Crippen LogP contribution is 2.31. The van der Waals surface area contributed by atoms with Gasteiger partial charge in [0, 0.05) is 13.1 Å². The number of rotatable bonds is 5. The predicted octanol–water partition coefficient (Wildman–Crippen LogP) is 1.85. The lowest BCUT2D eigenvalue weighted by molar-refractivity contribution is 0.355. The summed E-state index contributed by atoms with van der Waals surface area (Å²) in [7, 11) is 0.988. The van der Waals surface area contributed by atoms with Gasteiger partial charge in [-0.25, -0.2) is 8.42 Å². The van der Waals surface area contributed by atoms with Crippen LogP contribution in [0.25, 0.3) is 0 Å². The third-order valence-electron chi connectivity index (χ3n) is 3.35. The highest BCUT2D eigenvalue weighted by Gasteiger charge is 2.24. The monoisotopic (exact) mass is 325 g/mol. The van der Waals surface area contributed by atoms with E-state index in [1.807, 2.05) is 0 Å². The number of hydrogen-bond donors (Lipinski definition) is 1. The summed E-state index contributed by atoms with van der Waals surface area (Å²) in [6.45, 7) is 3.37. The number of aryl methyl sites for hydroxylation is 2. The first-order valence-electron chi connectivity index (χ1n) is 6.55. The molecule has 0 amide bonds. The van der Waals surface area contributed by atoms with Gasteiger partial charge in [0.05, 0.1) is 31.3 Å². The molecule has 0 saturated carbocycles. The maximum Gasteiger partial charge on any atom is 0.265 e. The van der Waals surface area contributed by atoms with Crippen LogP contribution in [0.3, 0.4) is 0 Å². The van der Waals surface area contributed by atoms with Crippen LogP contribution in [0.5, 0.6) is 11.5 Å². The molecule has 0 spiro atoms. The van der Waals surface area contributed by atoms with E-state index in [-0.39, 0.29) is 4.90 Å². The number of aromatic nitrogens is 2. The van der Waals surface area contributed by atoms with Crippen molar-refractivity contribution in [2.45, 2.75) is 18.7 Å². The molecule has 0 aliphatic rings. The maximum atomic E-state index is 12.6. The zero-order valence-corrected chi connectivity index (χ0v) is 14.0. The van der Waals surface area contributed by atoms with Crippen LogP contribution in [0.15, 0.2) is 23.1 Å². The minimum Gasteiger partial charge on any atom is -0.493 e. The van der Waals surface area contributed by atoms with Gasteiger partial charge in [-0.3, -0.25) is 9.40 Å². The van der Waals surface area contributed by atoms with Crippen LogP contribution in [0.2, 0.25) is 0 Å². The summed E-state index contributed by atoms with van der Waals surface area (Å²) in [6, 6.07) is 4.82. The molecule has 1 heterocycles. The number of benzene rings is 1. The summed E-state index contributed by atoms with van der Waals surface area (Å²) in [6.07, 6.45) is 0. The van der Waals surface area contributed by atoms with Crippen LogP contribution < -0.4 is 14.2 Å². The number of sulfonamides is 1. The Kier molecular flexibility index (Phi) is 4.32. The van der Waals surface area contributed by atoms with E-state index in [4.69, 9.17) is 9.47 Å². The Morgan fingerprint density at radius 1 is 1.14 bits per heavy atom. The van der Waals surface area contributed by atoms with E-state index in [2.05, 4.69) is 9.82 Å². The fraction of sp³-hybridized carbons (Fsp3) is 0.357. The fourth-order valence-electron chi connectivity index (χ4n) is 2.25. The quantitative estimate of drug-likeness (QED) is 0.907. The Hall–Kier alpha value is -2.22. The predicted molar refractivity (Wildman–Crippen MR) is 83.0 cm³/mol. The number of methoxy groups -OCH3 is 2. The highest BCUT2D eigenvalue weighted by atomic mass is 32.2. The van der Waals surface area contributed by atoms with Gasteiger partial charge in [-0.05, 0) is 26.0 Å². The van der Waals surface area contributed by atoms with Crippen LogP contribution in [-0.2, 0) is 17.1 Å². The Morgan fingerprint density at radius 3 is 2.27 bits per heavy atom. The molecule has 0 fully saturated rings. The summed E-state index contributed by atoms with van der Waals surface area (Å²) >= 11 is 0. The molecule has 1 N–H and O–H groups in total. The average molecular weight is 325 g/mol. The third kappa shape index (κ3) is 2.87. The topological polar surface area (TPSA) is 82.5 Å². The summed E-state index contributed by atoms with van der Waals surface area (Å²) in [5, 5.41) is 4.13. The first-order chi connectivity index (χ1) is 10.3. The standard InChI is InChI=1S/C14H19N3O4S/c1-9-14(10(2)17(3)15-9)22(18,19)16-11-6-7-12(20-4)13(8-11)21-5/h6-8,16H,1-5H3. The van der Waals surface area contributed by atoms with E-state index in [1.54, 1.807) is 43.8 Å². The highest BCUT2D eigenvalue weighted by molar-refractivity contribution is 7.92.